The molecule has 3 aromatic carbocycles. The molecule has 0 aromatic heterocycles. The second kappa shape index (κ2) is 14.4. The molecule has 1 N–H and O–H groups in total. The average molecular weight is 614 g/mol. The monoisotopic (exact) mass is 613 g/mol. The lowest BCUT2D eigenvalue weighted by molar-refractivity contribution is -0.140. The molecule has 1 heterocycles. The lowest BCUT2D eigenvalue weighted by Crippen LogP contribution is -2.52. The highest BCUT2D eigenvalue weighted by Gasteiger charge is 2.34. The summed E-state index contributed by atoms with van der Waals surface area (Å²) in [6, 6.07) is 18.9. The van der Waals surface area contributed by atoms with Crippen LogP contribution < -0.4 is 19.1 Å². The van der Waals surface area contributed by atoms with E-state index in [0.717, 1.165) is 22.7 Å². The van der Waals surface area contributed by atoms with Crippen LogP contribution in [-0.2, 0) is 26.2 Å². The van der Waals surface area contributed by atoms with Crippen molar-refractivity contribution in [3.8, 4) is 11.5 Å². The SMILES string of the molecule is CCCCNC(=O)[C@@H](CC)N(Cc1ccc(Cl)cc1)C(=O)CN(c1ccc2c(c1)OCCO2)S(=O)(=O)c1ccccc1. The molecular weight excluding hydrogens is 578 g/mol. The van der Waals surface area contributed by atoms with Crippen molar-refractivity contribution >= 4 is 39.1 Å². The van der Waals surface area contributed by atoms with Crippen LogP contribution in [0.4, 0.5) is 5.69 Å². The van der Waals surface area contributed by atoms with E-state index in [0.29, 0.717) is 42.7 Å². The normalized spacial score (nSPS) is 13.2. The van der Waals surface area contributed by atoms with Crippen LogP contribution in [0.25, 0.3) is 0 Å². The Morgan fingerprint density at radius 3 is 2.31 bits per heavy atom. The van der Waals surface area contributed by atoms with Gasteiger partial charge in [-0.15, -0.1) is 0 Å². The Labute approximate surface area is 252 Å². The third kappa shape index (κ3) is 7.54. The van der Waals surface area contributed by atoms with Crippen LogP contribution in [0, 0.1) is 0 Å². The zero-order valence-electron chi connectivity index (χ0n) is 23.8. The first-order valence-corrected chi connectivity index (χ1v) is 15.9. The molecular formula is C31H36ClN3O6S. The molecule has 224 valence electrons. The number of carbonyl (C=O) groups is 2. The average Bonchev–Trinajstić information content (AvgIpc) is 3.01. The Bertz CT molecular complexity index is 1470. The zero-order valence-corrected chi connectivity index (χ0v) is 25.4. The minimum absolute atomic E-state index is 0.0290. The number of nitrogens with zero attached hydrogens (tertiary/aromatic N) is 2. The highest BCUT2D eigenvalue weighted by atomic mass is 35.5. The highest BCUT2D eigenvalue weighted by molar-refractivity contribution is 7.92. The maximum Gasteiger partial charge on any atom is 0.264 e. The van der Waals surface area contributed by atoms with Gasteiger partial charge in [0.05, 0.1) is 10.6 Å². The van der Waals surface area contributed by atoms with Crippen LogP contribution in [0.15, 0.2) is 77.7 Å². The van der Waals surface area contributed by atoms with Gasteiger partial charge in [0.15, 0.2) is 11.5 Å². The van der Waals surface area contributed by atoms with E-state index < -0.39 is 28.5 Å². The standard InChI is InChI=1S/C31H36ClN3O6S/c1-3-5-17-33-31(37)27(4-2)34(21-23-11-13-24(32)14-12-23)30(36)22-35(42(38,39)26-9-7-6-8-10-26)25-15-16-28-29(20-25)41-19-18-40-28/h6-16,20,27H,3-5,17-19,21-22H2,1-2H3,(H,33,37)/t27-/m1/s1. The summed E-state index contributed by atoms with van der Waals surface area (Å²) in [6.07, 6.45) is 2.06. The predicted octanol–water partition coefficient (Wildman–Crippen LogP) is 5.03. The second-order valence-corrected chi connectivity index (χ2v) is 12.2. The van der Waals surface area contributed by atoms with Crippen molar-refractivity contribution in [1.82, 2.24) is 10.2 Å². The molecule has 0 bridgehead atoms. The van der Waals surface area contributed by atoms with Crippen LogP contribution in [-0.4, -0.2) is 57.5 Å². The first-order valence-electron chi connectivity index (χ1n) is 14.0. The predicted molar refractivity (Wildman–Crippen MR) is 162 cm³/mol. The van der Waals surface area contributed by atoms with Gasteiger partial charge in [0.2, 0.25) is 11.8 Å². The van der Waals surface area contributed by atoms with Crippen molar-refractivity contribution in [2.75, 3.05) is 30.6 Å². The van der Waals surface area contributed by atoms with E-state index in [9.17, 15) is 18.0 Å². The van der Waals surface area contributed by atoms with E-state index in [-0.39, 0.29) is 23.0 Å². The summed E-state index contributed by atoms with van der Waals surface area (Å²) < 4.78 is 40.4. The molecule has 0 saturated carbocycles. The lowest BCUT2D eigenvalue weighted by Gasteiger charge is -2.33. The Balaban J connectivity index is 1.72. The number of sulfonamides is 1. The van der Waals surface area contributed by atoms with Gasteiger partial charge >= 0.3 is 0 Å². The zero-order chi connectivity index (χ0) is 30.1. The van der Waals surface area contributed by atoms with Crippen molar-refractivity contribution < 1.29 is 27.5 Å². The number of anilines is 1. The summed E-state index contributed by atoms with van der Waals surface area (Å²) in [4.78, 5) is 28.9. The van der Waals surface area contributed by atoms with Gasteiger partial charge in [0.1, 0.15) is 25.8 Å². The van der Waals surface area contributed by atoms with Crippen molar-refractivity contribution in [2.24, 2.45) is 0 Å². The molecule has 3 aromatic rings. The number of halogens is 1. The number of unbranched alkanes of at least 4 members (excludes halogenated alkanes) is 1. The van der Waals surface area contributed by atoms with Crippen molar-refractivity contribution in [3.05, 3.63) is 83.4 Å². The number of rotatable bonds is 13. The summed E-state index contributed by atoms with van der Waals surface area (Å²) in [7, 11) is -4.19. The number of fused-ring (bicyclic) bond motifs is 1. The van der Waals surface area contributed by atoms with Crippen LogP contribution in [0.5, 0.6) is 11.5 Å². The number of carbonyl (C=O) groups excluding carboxylic acids is 2. The van der Waals surface area contributed by atoms with Crippen molar-refractivity contribution in [1.29, 1.82) is 0 Å². The third-order valence-corrected chi connectivity index (χ3v) is 8.95. The van der Waals surface area contributed by atoms with Gasteiger partial charge < -0.3 is 19.7 Å². The molecule has 1 aliphatic rings. The molecule has 0 unspecified atom stereocenters. The van der Waals surface area contributed by atoms with Crippen molar-refractivity contribution in [2.45, 2.75) is 50.6 Å². The highest BCUT2D eigenvalue weighted by Crippen LogP contribution is 2.36. The summed E-state index contributed by atoms with van der Waals surface area (Å²) in [5, 5.41) is 3.47. The number of benzene rings is 3. The lowest BCUT2D eigenvalue weighted by atomic mass is 10.1. The molecule has 1 atom stereocenters. The number of amides is 2. The molecule has 2 amide bonds. The number of hydrogen-bond donors (Lipinski definition) is 1. The van der Waals surface area contributed by atoms with Gasteiger partial charge in [-0.1, -0.05) is 62.2 Å². The Morgan fingerprint density at radius 2 is 1.64 bits per heavy atom. The van der Waals surface area contributed by atoms with E-state index >= 15 is 0 Å². The number of hydrogen-bond acceptors (Lipinski definition) is 6. The Hall–Kier alpha value is -3.76. The molecule has 42 heavy (non-hydrogen) atoms. The Morgan fingerprint density at radius 1 is 0.952 bits per heavy atom. The van der Waals surface area contributed by atoms with Gasteiger partial charge in [-0.2, -0.15) is 0 Å². The number of ether oxygens (including phenoxy) is 2. The first-order chi connectivity index (χ1) is 20.2. The molecule has 1 aliphatic heterocycles. The molecule has 4 rings (SSSR count). The third-order valence-electron chi connectivity index (χ3n) is 6.91. The van der Waals surface area contributed by atoms with E-state index in [2.05, 4.69) is 5.32 Å². The fourth-order valence-electron chi connectivity index (χ4n) is 4.65. The van der Waals surface area contributed by atoms with Crippen LogP contribution in [0.3, 0.4) is 0 Å². The summed E-state index contributed by atoms with van der Waals surface area (Å²) in [5.41, 5.74) is 0.993. The molecule has 0 fully saturated rings. The van der Waals surface area contributed by atoms with Gasteiger partial charge in [-0.3, -0.25) is 13.9 Å². The number of nitrogens with one attached hydrogen (secondary N) is 1. The topological polar surface area (TPSA) is 105 Å². The molecule has 0 spiro atoms. The van der Waals surface area contributed by atoms with Crippen LogP contribution in [0.2, 0.25) is 5.02 Å². The van der Waals surface area contributed by atoms with Gasteiger partial charge in [0.25, 0.3) is 10.0 Å². The summed E-state index contributed by atoms with van der Waals surface area (Å²) in [6.45, 7) is 4.60. The fraction of sp³-hybridized carbons (Fsp3) is 0.355. The molecule has 0 aliphatic carbocycles. The molecule has 11 heteroatoms. The Kier molecular flexibility index (Phi) is 10.7. The fourth-order valence-corrected chi connectivity index (χ4v) is 6.20. The minimum Gasteiger partial charge on any atom is -0.486 e. The summed E-state index contributed by atoms with van der Waals surface area (Å²) >= 11 is 6.08. The first kappa shape index (κ1) is 31.2. The smallest absolute Gasteiger partial charge is 0.264 e. The van der Waals surface area contributed by atoms with E-state index in [1.165, 1.54) is 17.0 Å². The van der Waals surface area contributed by atoms with Gasteiger partial charge in [0, 0.05) is 24.2 Å². The van der Waals surface area contributed by atoms with Crippen molar-refractivity contribution in [3.63, 3.8) is 0 Å². The minimum atomic E-state index is -4.19. The van der Waals surface area contributed by atoms with E-state index in [4.69, 9.17) is 21.1 Å². The van der Waals surface area contributed by atoms with Gasteiger partial charge in [-0.05, 0) is 54.8 Å². The molecule has 0 radical (unpaired) electrons. The molecule has 9 nitrogen and oxygen atoms in total. The maximum absolute atomic E-state index is 14.2. The van der Waals surface area contributed by atoms with E-state index in [1.54, 1.807) is 60.7 Å². The summed E-state index contributed by atoms with van der Waals surface area (Å²) in [5.74, 6) is 0.0636. The van der Waals surface area contributed by atoms with Gasteiger partial charge in [-0.25, -0.2) is 8.42 Å². The largest absolute Gasteiger partial charge is 0.486 e. The quantitative estimate of drug-likeness (QED) is 0.271. The molecule has 0 saturated heterocycles. The maximum atomic E-state index is 14.2. The second-order valence-electron chi connectivity index (χ2n) is 9.87. The van der Waals surface area contributed by atoms with E-state index in [1.807, 2.05) is 13.8 Å². The van der Waals surface area contributed by atoms with Crippen LogP contribution >= 0.6 is 11.6 Å². The van der Waals surface area contributed by atoms with Crippen LogP contribution in [0.1, 0.15) is 38.7 Å².